The number of benzene rings is 3. The van der Waals surface area contributed by atoms with Crippen LogP contribution in [-0.2, 0) is 19.8 Å². The minimum absolute atomic E-state index is 0.145. The summed E-state index contributed by atoms with van der Waals surface area (Å²) in [6.45, 7) is 6.22. The van der Waals surface area contributed by atoms with Crippen LogP contribution in [-0.4, -0.2) is 11.2 Å². The van der Waals surface area contributed by atoms with E-state index in [-0.39, 0.29) is 5.56 Å². The molecule has 0 aliphatic heterocycles. The normalized spacial score (nSPS) is 11.0. The van der Waals surface area contributed by atoms with E-state index in [2.05, 4.69) is 13.8 Å². The molecule has 4 rings (SSSR count). The second kappa shape index (κ2) is 14.3. The number of unbranched alkanes of at least 4 members (excludes halogenated alkanes) is 4. The maximum Gasteiger partial charge on any atom is 0.297 e. The predicted octanol–water partition coefficient (Wildman–Crippen LogP) is 7.92. The van der Waals surface area contributed by atoms with Gasteiger partial charge in [-0.3, -0.25) is 4.79 Å². The molecule has 0 spiro atoms. The average molecular weight is 514 g/mol. The second-order valence-corrected chi connectivity index (χ2v) is 9.61. The van der Waals surface area contributed by atoms with E-state index in [0.717, 1.165) is 66.3 Å². The molecule has 0 aliphatic carbocycles. The van der Waals surface area contributed by atoms with Crippen LogP contribution in [0.4, 0.5) is 0 Å². The maximum absolute atomic E-state index is 13.9. The zero-order chi connectivity index (χ0) is 26.6. The minimum atomic E-state index is -0.145. The molecule has 0 amide bonds. The quantitative estimate of drug-likeness (QED) is 0.152. The Balaban J connectivity index is 1.74. The first kappa shape index (κ1) is 27.3. The van der Waals surface area contributed by atoms with Gasteiger partial charge in [-0.15, -0.1) is 0 Å². The van der Waals surface area contributed by atoms with Crippen LogP contribution < -0.4 is 19.8 Å². The summed E-state index contributed by atoms with van der Waals surface area (Å²) >= 11 is 0. The Hall–Kier alpha value is -3.73. The Morgan fingerprint density at radius 3 is 1.97 bits per heavy atom. The van der Waals surface area contributed by atoms with Crippen molar-refractivity contribution in [3.05, 3.63) is 100 Å². The van der Waals surface area contributed by atoms with Crippen LogP contribution in [0.3, 0.4) is 0 Å². The fourth-order valence-electron chi connectivity index (χ4n) is 4.45. The molecule has 4 aromatic rings. The fraction of sp³-hybridized carbons (Fsp3) is 0.364. The highest BCUT2D eigenvalue weighted by Gasteiger charge is 2.20. The Morgan fingerprint density at radius 2 is 1.32 bits per heavy atom. The van der Waals surface area contributed by atoms with Crippen LogP contribution >= 0.6 is 0 Å². The van der Waals surface area contributed by atoms with Crippen molar-refractivity contribution in [2.45, 2.75) is 72.1 Å². The van der Waals surface area contributed by atoms with Crippen molar-refractivity contribution in [2.24, 2.45) is 0 Å². The van der Waals surface area contributed by atoms with Gasteiger partial charge in [0.05, 0.1) is 12.1 Å². The molecule has 0 bridgehead atoms. The van der Waals surface area contributed by atoms with Gasteiger partial charge in [-0.2, -0.15) is 0 Å². The number of nitrogens with zero attached hydrogens (tertiary/aromatic N) is 1. The molecule has 3 aromatic carbocycles. The average Bonchev–Trinajstić information content (AvgIpc) is 2.96. The minimum Gasteiger partial charge on any atom is -0.489 e. The van der Waals surface area contributed by atoms with Crippen molar-refractivity contribution in [2.75, 3.05) is 6.61 Å². The Morgan fingerprint density at radius 1 is 0.658 bits per heavy atom. The lowest BCUT2D eigenvalue weighted by Crippen LogP contribution is -2.24. The first-order valence-electron chi connectivity index (χ1n) is 13.9. The topological polar surface area (TPSA) is 49.7 Å². The number of hydrogen-bond acceptors (Lipinski definition) is 4. The summed E-state index contributed by atoms with van der Waals surface area (Å²) in [5.41, 5.74) is 2.79. The smallest absolute Gasteiger partial charge is 0.297 e. The third-order valence-electron chi connectivity index (χ3n) is 6.60. The molecule has 0 aliphatic rings. The van der Waals surface area contributed by atoms with Gasteiger partial charge in [0.15, 0.2) is 5.75 Å². The van der Waals surface area contributed by atoms with Crippen molar-refractivity contribution in [1.82, 2.24) is 4.57 Å². The van der Waals surface area contributed by atoms with Crippen LogP contribution in [0, 0.1) is 0 Å². The Labute approximate surface area is 226 Å². The second-order valence-electron chi connectivity index (χ2n) is 9.61. The molecule has 0 radical (unpaired) electrons. The summed E-state index contributed by atoms with van der Waals surface area (Å²) in [5, 5.41) is 0.856. The Kier molecular flexibility index (Phi) is 10.3. The molecule has 0 unspecified atom stereocenters. The number of pyridine rings is 1. The highest BCUT2D eigenvalue weighted by atomic mass is 16.5. The third-order valence-corrected chi connectivity index (χ3v) is 6.60. The Bertz CT molecular complexity index is 1330. The summed E-state index contributed by atoms with van der Waals surface area (Å²) in [7, 11) is 0. The molecule has 1 aromatic heterocycles. The van der Waals surface area contributed by atoms with Crippen molar-refractivity contribution in [1.29, 1.82) is 0 Å². The molecule has 0 atom stereocenters. The van der Waals surface area contributed by atoms with E-state index < -0.39 is 0 Å². The van der Waals surface area contributed by atoms with E-state index in [0.29, 0.717) is 37.9 Å². The van der Waals surface area contributed by atoms with Gasteiger partial charge in [0, 0.05) is 18.0 Å². The zero-order valence-electron chi connectivity index (χ0n) is 22.7. The van der Waals surface area contributed by atoms with Crippen molar-refractivity contribution >= 4 is 10.9 Å². The molecule has 38 heavy (non-hydrogen) atoms. The lowest BCUT2D eigenvalue weighted by atomic mass is 10.1. The number of rotatable bonds is 15. The SMILES string of the molecule is CCCCCCn1c(=O)c(OCCCC)c(OCc2ccccc2)c2ccc(OCc3ccccc3)cc21. The van der Waals surface area contributed by atoms with Gasteiger partial charge in [0.25, 0.3) is 5.56 Å². The van der Waals surface area contributed by atoms with Crippen LogP contribution in [0.15, 0.2) is 83.7 Å². The van der Waals surface area contributed by atoms with Gasteiger partial charge < -0.3 is 18.8 Å². The van der Waals surface area contributed by atoms with Crippen LogP contribution in [0.1, 0.15) is 63.5 Å². The molecular formula is C33H39NO4. The van der Waals surface area contributed by atoms with E-state index in [4.69, 9.17) is 14.2 Å². The first-order valence-corrected chi connectivity index (χ1v) is 13.9. The number of aromatic nitrogens is 1. The molecule has 200 valence electrons. The van der Waals surface area contributed by atoms with Gasteiger partial charge in [0.1, 0.15) is 19.0 Å². The van der Waals surface area contributed by atoms with Crippen LogP contribution in [0.5, 0.6) is 17.2 Å². The van der Waals surface area contributed by atoms with Gasteiger partial charge in [-0.1, -0.05) is 100 Å². The van der Waals surface area contributed by atoms with Gasteiger partial charge in [0.2, 0.25) is 5.75 Å². The number of fused-ring (bicyclic) bond motifs is 1. The molecule has 1 heterocycles. The summed E-state index contributed by atoms with van der Waals surface area (Å²) in [4.78, 5) is 13.9. The lowest BCUT2D eigenvalue weighted by Gasteiger charge is -2.19. The molecule has 5 nitrogen and oxygen atoms in total. The first-order chi connectivity index (χ1) is 18.7. The van der Waals surface area contributed by atoms with E-state index in [9.17, 15) is 4.79 Å². The van der Waals surface area contributed by atoms with Gasteiger partial charge >= 0.3 is 0 Å². The molecule has 0 fully saturated rings. The van der Waals surface area contributed by atoms with E-state index >= 15 is 0 Å². The molecule has 0 saturated heterocycles. The fourth-order valence-corrected chi connectivity index (χ4v) is 4.45. The molecule has 5 heteroatoms. The monoisotopic (exact) mass is 513 g/mol. The van der Waals surface area contributed by atoms with Gasteiger partial charge in [-0.05, 0) is 36.1 Å². The zero-order valence-corrected chi connectivity index (χ0v) is 22.7. The molecule has 0 N–H and O–H groups in total. The highest BCUT2D eigenvalue weighted by Crippen LogP contribution is 2.36. The number of ether oxygens (including phenoxy) is 3. The standard InChI is InChI=1S/C33H39NO4/c1-3-5-7-14-21-34-30-23-28(37-24-26-15-10-8-11-16-26)19-20-29(30)31(32(33(34)35)36-22-6-4-2)38-25-27-17-12-9-13-18-27/h8-13,15-20,23H,3-7,14,21-22,24-25H2,1-2H3. The van der Waals surface area contributed by atoms with Crippen molar-refractivity contribution in [3.8, 4) is 17.2 Å². The van der Waals surface area contributed by atoms with E-state index in [1.807, 2.05) is 83.4 Å². The molecule has 0 saturated carbocycles. The largest absolute Gasteiger partial charge is 0.489 e. The lowest BCUT2D eigenvalue weighted by molar-refractivity contribution is 0.256. The summed E-state index contributed by atoms with van der Waals surface area (Å²) < 4.78 is 20.4. The highest BCUT2D eigenvalue weighted by molar-refractivity contribution is 5.89. The summed E-state index contributed by atoms with van der Waals surface area (Å²) in [6.07, 6.45) is 6.16. The number of hydrogen-bond donors (Lipinski definition) is 0. The summed E-state index contributed by atoms with van der Waals surface area (Å²) in [6, 6.07) is 26.0. The number of aryl methyl sites for hydroxylation is 1. The molecular weight excluding hydrogens is 474 g/mol. The van der Waals surface area contributed by atoms with E-state index in [1.165, 1.54) is 0 Å². The van der Waals surface area contributed by atoms with Crippen molar-refractivity contribution < 1.29 is 14.2 Å². The summed E-state index contributed by atoms with van der Waals surface area (Å²) in [5.74, 6) is 1.52. The van der Waals surface area contributed by atoms with Gasteiger partial charge in [-0.25, -0.2) is 0 Å². The predicted molar refractivity (Wildman–Crippen MR) is 154 cm³/mol. The van der Waals surface area contributed by atoms with E-state index in [1.54, 1.807) is 0 Å². The van der Waals surface area contributed by atoms with Crippen molar-refractivity contribution in [3.63, 3.8) is 0 Å². The maximum atomic E-state index is 13.9. The van der Waals surface area contributed by atoms with Crippen LogP contribution in [0.25, 0.3) is 10.9 Å². The van der Waals surface area contributed by atoms with Crippen LogP contribution in [0.2, 0.25) is 0 Å². The third kappa shape index (κ3) is 7.18.